The Morgan fingerprint density at radius 1 is 0.459 bits per heavy atom. The highest BCUT2D eigenvalue weighted by atomic mass is 127. The van der Waals surface area contributed by atoms with Crippen LogP contribution >= 0.6 is 38.5 Å². The molecule has 0 unspecified atom stereocenters. The summed E-state index contributed by atoms with van der Waals surface area (Å²) in [5, 5.41) is 0.597. The Morgan fingerprint density at radius 3 is 0.973 bits per heavy atom. The second-order valence-corrected chi connectivity index (χ2v) is 18.1. The summed E-state index contributed by atoms with van der Waals surface area (Å²) in [6.45, 7) is 20.4. The quantitative estimate of drug-likeness (QED) is 0.0590. The number of hydrogen-bond acceptors (Lipinski definition) is 23. The van der Waals surface area contributed by atoms with Gasteiger partial charge in [0.15, 0.2) is 30.9 Å². The molecule has 0 aromatic rings. The van der Waals surface area contributed by atoms with Crippen LogP contribution in [0, 0.1) is 17.8 Å². The zero-order valence-corrected chi connectivity index (χ0v) is 47.7. The van der Waals surface area contributed by atoms with E-state index in [0.717, 1.165) is 4.43 Å². The second-order valence-electron chi connectivity index (χ2n) is 16.2. The maximum Gasteiger partial charge on any atom is 0.351 e. The molecule has 3 saturated heterocycles. The van der Waals surface area contributed by atoms with E-state index in [0.29, 0.717) is 26.1 Å². The fourth-order valence-electron chi connectivity index (χ4n) is 7.14. The van der Waals surface area contributed by atoms with Crippen LogP contribution in [0.25, 0.3) is 0 Å². The number of carbonyl (C=O) groups excluding carboxylic acids is 9. The van der Waals surface area contributed by atoms with Crippen LogP contribution < -0.4 is 0 Å². The zero-order valence-electron chi connectivity index (χ0n) is 44.0. The highest BCUT2D eigenvalue weighted by molar-refractivity contribution is 14.1. The van der Waals surface area contributed by atoms with E-state index in [4.69, 9.17) is 75.5 Å². The predicted octanol–water partition coefficient (Wildman–Crippen LogP) is 4.71. The van der Waals surface area contributed by atoms with Crippen LogP contribution in [0.5, 0.6) is 0 Å². The summed E-state index contributed by atoms with van der Waals surface area (Å²) in [6.07, 6.45) is -8.65. The summed E-state index contributed by atoms with van der Waals surface area (Å²) in [5.41, 5.74) is 0. The lowest BCUT2D eigenvalue weighted by molar-refractivity contribution is -0.287. The summed E-state index contributed by atoms with van der Waals surface area (Å²) < 4.78 is 102. The normalized spacial score (nSPS) is 28.6. The van der Waals surface area contributed by atoms with Crippen LogP contribution in [0.2, 0.25) is 6.82 Å². The van der Waals surface area contributed by atoms with E-state index >= 15 is 0 Å². The Kier molecular flexibility index (Phi) is 38.5. The fourth-order valence-corrected chi connectivity index (χ4v) is 7.58. The molecule has 0 N–H and O–H groups in total. The van der Waals surface area contributed by atoms with Crippen LogP contribution in [-0.4, -0.2) is 178 Å². The molecule has 0 aromatic carbocycles. The predicted molar refractivity (Wildman–Crippen MR) is 262 cm³/mol. The van der Waals surface area contributed by atoms with Crippen molar-refractivity contribution in [3.05, 3.63) is 0 Å². The van der Waals surface area contributed by atoms with Gasteiger partial charge in [0.25, 0.3) is 0 Å². The number of alkyl halides is 2. The summed E-state index contributed by atoms with van der Waals surface area (Å²) in [4.78, 5) is 101. The van der Waals surface area contributed by atoms with Gasteiger partial charge in [0.05, 0.1) is 19.3 Å². The number of esters is 9. The van der Waals surface area contributed by atoms with Crippen molar-refractivity contribution < 1.29 is 123 Å². The smallest absolute Gasteiger partial charge is 0.351 e. The van der Waals surface area contributed by atoms with E-state index in [-0.39, 0.29) is 43.7 Å². The molecule has 15 atom stereocenters. The van der Waals surface area contributed by atoms with Gasteiger partial charge in [-0.2, -0.15) is 0 Å². The van der Waals surface area contributed by atoms with Gasteiger partial charge in [0, 0.05) is 99.0 Å². The van der Waals surface area contributed by atoms with E-state index in [1.54, 1.807) is 13.8 Å². The third-order valence-electron chi connectivity index (χ3n) is 10.1. The topological polar surface area (TPSA) is 283 Å². The molecule has 0 aliphatic carbocycles. The first kappa shape index (κ1) is 72.2. The third-order valence-corrected chi connectivity index (χ3v) is 10.9. The van der Waals surface area contributed by atoms with Crippen LogP contribution in [0.4, 0.5) is 13.5 Å². The maximum atomic E-state index is 11.5. The van der Waals surface area contributed by atoms with Crippen LogP contribution in [-0.2, 0) is 109 Å². The monoisotopic (exact) mass is 1250 g/mol. The molecule has 0 amide bonds. The summed E-state index contributed by atoms with van der Waals surface area (Å²) in [7, 11) is 0.500. The third kappa shape index (κ3) is 28.8. The number of ether oxygens (including phenoxy) is 14. The van der Waals surface area contributed by atoms with Gasteiger partial charge in [-0.05, 0) is 6.92 Å². The van der Waals surface area contributed by atoms with Crippen LogP contribution in [0.3, 0.4) is 0 Å². The lowest BCUT2D eigenvalue weighted by Gasteiger charge is -2.43. The highest BCUT2D eigenvalue weighted by Gasteiger charge is 2.51. The van der Waals surface area contributed by atoms with Crippen molar-refractivity contribution in [3.63, 3.8) is 0 Å². The van der Waals surface area contributed by atoms with E-state index in [1.807, 2.05) is 13.8 Å². The van der Waals surface area contributed by atoms with Gasteiger partial charge >= 0.3 is 61.3 Å². The van der Waals surface area contributed by atoms with Gasteiger partial charge in [-0.15, -0.1) is 0 Å². The second kappa shape index (κ2) is 39.5. The number of halogens is 5. The molecule has 0 saturated carbocycles. The van der Waals surface area contributed by atoms with Crippen molar-refractivity contribution in [2.24, 2.45) is 17.8 Å². The molecule has 0 aromatic heterocycles. The minimum atomic E-state index is -0.899. The maximum absolute atomic E-state index is 11.5. The standard InChI is InChI=1S/C15H23BrO8.C15H23IO8.C14H22O7.CH3BF.F2/c2*1-8-13(22-10(3)18)14(23-11(4)19)12(7-21-9(2)17)24-15(8)20-6-5-16;1-7-8(2)19-12(6-18-9(3)15)14(21-11(5)17)13(7)20-10(4)16;1-2-3;1-2/h2*8,12-15H,5-7H2,1-4H3;7-8,12-14H,6H2,1-5H3;1H3;/t2*8-,12-,13-,14-,15-;7-,8-,12+,13+,14+;;/m110../s1. The van der Waals surface area contributed by atoms with Crippen LogP contribution in [0.15, 0.2) is 0 Å². The zero-order chi connectivity index (χ0) is 57.4. The van der Waals surface area contributed by atoms with Crippen molar-refractivity contribution in [2.75, 3.05) is 42.8 Å². The summed E-state index contributed by atoms with van der Waals surface area (Å²) >= 11 is 5.42. The number of rotatable bonds is 18. The fraction of sp³-hybridized carbons (Fsp3) is 0.800. The Bertz CT molecular complexity index is 1660. The Morgan fingerprint density at radius 2 is 0.716 bits per heavy atom. The highest BCUT2D eigenvalue weighted by Crippen LogP contribution is 2.34. The minimum Gasteiger partial charge on any atom is -0.463 e. The molecular formula is C45H71BBrF3IO23. The van der Waals surface area contributed by atoms with Gasteiger partial charge in [-0.3, -0.25) is 43.2 Å². The van der Waals surface area contributed by atoms with Crippen molar-refractivity contribution in [1.82, 2.24) is 0 Å². The van der Waals surface area contributed by atoms with E-state index in [9.17, 15) is 47.5 Å². The number of hydrogen-bond donors (Lipinski definition) is 0. The van der Waals surface area contributed by atoms with Gasteiger partial charge in [0.2, 0.25) is 0 Å². The molecule has 23 nitrogen and oxygen atoms in total. The largest absolute Gasteiger partial charge is 0.463 e. The number of carbonyl (C=O) groups is 9. The average Bonchev–Trinajstić information content (AvgIpc) is 3.29. The SMILES string of the molecule is CC(=O)OC[C@H]1O[C@@H](C)[C@H](C)[C@@H](OC(C)=O)[C@@H]1OC(C)=O.CC(=O)OC[C@H]1O[C@@H](OCCBr)[C@H](C)[C@@H](OC(C)=O)[C@@H]1OC(C)=O.CC(=O)OC[C@H]1O[C@@H](OCCI)[C@H](C)[C@@H](OC(C)=O)[C@@H]1OC(C)=O.C[B]F.FF. The Balaban J connectivity index is 0. The van der Waals surface area contributed by atoms with Crippen molar-refractivity contribution in [3.8, 4) is 0 Å². The van der Waals surface area contributed by atoms with Crippen molar-refractivity contribution in [1.29, 1.82) is 0 Å². The minimum absolute atomic E-state index is 0.0674. The van der Waals surface area contributed by atoms with E-state index in [2.05, 4.69) is 38.5 Å². The molecule has 3 fully saturated rings. The first-order valence-corrected chi connectivity index (χ1v) is 25.6. The van der Waals surface area contributed by atoms with Crippen molar-refractivity contribution >= 4 is 99.8 Å². The summed E-state index contributed by atoms with van der Waals surface area (Å²) in [6, 6.07) is 0. The van der Waals surface area contributed by atoms with E-state index < -0.39 is 121 Å². The molecule has 1 radical (unpaired) electrons. The molecule has 0 spiro atoms. The van der Waals surface area contributed by atoms with Gasteiger partial charge in [0.1, 0.15) is 56.4 Å². The van der Waals surface area contributed by atoms with Gasteiger partial charge in [-0.1, -0.05) is 66.1 Å². The molecule has 0 bridgehead atoms. The first-order chi connectivity index (χ1) is 34.6. The molecule has 3 aliphatic heterocycles. The van der Waals surface area contributed by atoms with Crippen molar-refractivity contribution in [2.45, 2.75) is 170 Å². The van der Waals surface area contributed by atoms with Crippen LogP contribution in [0.1, 0.15) is 90.0 Å². The van der Waals surface area contributed by atoms with E-state index in [1.165, 1.54) is 69.1 Å². The molecule has 3 heterocycles. The molecule has 74 heavy (non-hydrogen) atoms. The van der Waals surface area contributed by atoms with Gasteiger partial charge in [-0.25, -0.2) is 0 Å². The molecule has 427 valence electrons. The molecule has 3 aliphatic rings. The lowest BCUT2D eigenvalue weighted by Crippen LogP contribution is -2.58. The first-order valence-electron chi connectivity index (χ1n) is 22.9. The Labute approximate surface area is 451 Å². The lowest BCUT2D eigenvalue weighted by atomic mass is 9.88. The Hall–Kier alpha value is -3.91. The average molecular weight is 1250 g/mol. The molecule has 29 heteroatoms. The van der Waals surface area contributed by atoms with Gasteiger partial charge < -0.3 is 70.6 Å². The molecule has 3 rings (SSSR count). The molecular weight excluding hydrogens is 1180 g/mol. The summed E-state index contributed by atoms with van der Waals surface area (Å²) in [5.74, 6) is -5.48.